The lowest BCUT2D eigenvalue weighted by Gasteiger charge is -2.08. The minimum Gasteiger partial charge on any atom is -0.482 e. The van der Waals surface area contributed by atoms with Gasteiger partial charge in [-0.2, -0.15) is 0 Å². The van der Waals surface area contributed by atoms with Gasteiger partial charge in [0, 0.05) is 12.1 Å². The summed E-state index contributed by atoms with van der Waals surface area (Å²) >= 11 is 0. The van der Waals surface area contributed by atoms with Crippen molar-refractivity contribution in [2.75, 3.05) is 6.61 Å². The molecule has 3 aromatic rings. The van der Waals surface area contributed by atoms with Crippen LogP contribution in [0.3, 0.4) is 0 Å². The second-order valence-electron chi connectivity index (χ2n) is 5.40. The zero-order valence-corrected chi connectivity index (χ0v) is 13.7. The van der Waals surface area contributed by atoms with Crippen molar-refractivity contribution < 1.29 is 19.2 Å². The Morgan fingerprint density at radius 1 is 0.808 bits per heavy atom. The third-order valence-electron chi connectivity index (χ3n) is 3.60. The van der Waals surface area contributed by atoms with E-state index in [4.69, 9.17) is 9.47 Å². The molecule has 0 aromatic heterocycles. The molecule has 0 heterocycles. The molecular formula is C20H15NO5. The summed E-state index contributed by atoms with van der Waals surface area (Å²) < 4.78 is 10.5. The van der Waals surface area contributed by atoms with E-state index in [0.717, 1.165) is 11.1 Å². The van der Waals surface area contributed by atoms with Crippen LogP contribution in [0.5, 0.6) is 11.5 Å². The van der Waals surface area contributed by atoms with Crippen LogP contribution in [0, 0.1) is 10.1 Å². The molecule has 26 heavy (non-hydrogen) atoms. The SMILES string of the molecule is O=C(COc1ccc(-c2ccccc2)cc1)Oc1ccc([N+](=O)[O-])cc1. The summed E-state index contributed by atoms with van der Waals surface area (Å²) in [6.45, 7) is -0.262. The lowest BCUT2D eigenvalue weighted by atomic mass is 10.1. The molecule has 0 atom stereocenters. The van der Waals surface area contributed by atoms with Gasteiger partial charge in [-0.1, -0.05) is 42.5 Å². The highest BCUT2D eigenvalue weighted by molar-refractivity contribution is 5.74. The van der Waals surface area contributed by atoms with Gasteiger partial charge in [0.1, 0.15) is 11.5 Å². The molecule has 0 saturated heterocycles. The second kappa shape index (κ2) is 7.94. The van der Waals surface area contributed by atoms with E-state index in [1.54, 1.807) is 12.1 Å². The van der Waals surface area contributed by atoms with Crippen molar-refractivity contribution in [3.05, 3.63) is 89.0 Å². The molecule has 0 aliphatic carbocycles. The molecule has 0 fully saturated rings. The minimum absolute atomic E-state index is 0.0699. The van der Waals surface area contributed by atoms with Crippen molar-refractivity contribution in [1.29, 1.82) is 0 Å². The number of benzene rings is 3. The van der Waals surface area contributed by atoms with Crippen molar-refractivity contribution in [3.63, 3.8) is 0 Å². The van der Waals surface area contributed by atoms with Crippen LogP contribution in [0.15, 0.2) is 78.9 Å². The smallest absolute Gasteiger partial charge is 0.349 e. The largest absolute Gasteiger partial charge is 0.482 e. The van der Waals surface area contributed by atoms with Gasteiger partial charge in [0.05, 0.1) is 4.92 Å². The van der Waals surface area contributed by atoms with Crippen molar-refractivity contribution in [2.24, 2.45) is 0 Å². The van der Waals surface area contributed by atoms with Crippen molar-refractivity contribution in [3.8, 4) is 22.6 Å². The number of nitro groups is 1. The van der Waals surface area contributed by atoms with Gasteiger partial charge >= 0.3 is 5.97 Å². The molecule has 0 N–H and O–H groups in total. The van der Waals surface area contributed by atoms with Crippen LogP contribution < -0.4 is 9.47 Å². The number of carbonyl (C=O) groups is 1. The highest BCUT2D eigenvalue weighted by Crippen LogP contribution is 2.22. The number of hydrogen-bond acceptors (Lipinski definition) is 5. The standard InChI is InChI=1S/C20H15NO5/c22-20(26-19-12-8-17(9-13-19)21(23)24)14-25-18-10-6-16(7-11-18)15-4-2-1-3-5-15/h1-13H,14H2. The summed E-state index contributed by atoms with van der Waals surface area (Å²) in [4.78, 5) is 21.9. The van der Waals surface area contributed by atoms with Crippen LogP contribution in [-0.4, -0.2) is 17.5 Å². The Kier molecular flexibility index (Phi) is 5.24. The van der Waals surface area contributed by atoms with Gasteiger partial charge in [-0.15, -0.1) is 0 Å². The summed E-state index contributed by atoms with van der Waals surface area (Å²) in [5, 5.41) is 10.6. The van der Waals surface area contributed by atoms with E-state index in [2.05, 4.69) is 0 Å². The van der Waals surface area contributed by atoms with Gasteiger partial charge < -0.3 is 9.47 Å². The third kappa shape index (κ3) is 4.45. The fourth-order valence-corrected chi connectivity index (χ4v) is 2.31. The molecule has 3 rings (SSSR count). The van der Waals surface area contributed by atoms with Crippen LogP contribution in [0.2, 0.25) is 0 Å². The lowest BCUT2D eigenvalue weighted by molar-refractivity contribution is -0.384. The topological polar surface area (TPSA) is 78.7 Å². The summed E-state index contributed by atoms with van der Waals surface area (Å²) in [5.74, 6) is 0.181. The van der Waals surface area contributed by atoms with Gasteiger partial charge in [-0.3, -0.25) is 10.1 Å². The fraction of sp³-hybridized carbons (Fsp3) is 0.0500. The number of ether oxygens (including phenoxy) is 2. The van der Waals surface area contributed by atoms with E-state index in [1.165, 1.54) is 24.3 Å². The number of carbonyl (C=O) groups excluding carboxylic acids is 1. The van der Waals surface area contributed by atoms with Gasteiger partial charge in [-0.05, 0) is 35.4 Å². The van der Waals surface area contributed by atoms with Gasteiger partial charge in [-0.25, -0.2) is 4.79 Å². The number of rotatable bonds is 6. The molecular weight excluding hydrogens is 334 g/mol. The van der Waals surface area contributed by atoms with Crippen molar-refractivity contribution in [2.45, 2.75) is 0 Å². The Hall–Kier alpha value is -3.67. The molecule has 130 valence electrons. The molecule has 0 aliphatic rings. The molecule has 6 nitrogen and oxygen atoms in total. The summed E-state index contributed by atoms with van der Waals surface area (Å²) in [7, 11) is 0. The second-order valence-corrected chi connectivity index (χ2v) is 5.40. The molecule has 6 heteroatoms. The quantitative estimate of drug-likeness (QED) is 0.288. The van der Waals surface area contributed by atoms with Crippen LogP contribution in [0.25, 0.3) is 11.1 Å². The molecule has 0 saturated carbocycles. The lowest BCUT2D eigenvalue weighted by Crippen LogP contribution is -2.17. The molecule has 0 radical (unpaired) electrons. The maximum absolute atomic E-state index is 11.8. The molecule has 0 unspecified atom stereocenters. The fourth-order valence-electron chi connectivity index (χ4n) is 2.31. The van der Waals surface area contributed by atoms with Crippen LogP contribution >= 0.6 is 0 Å². The maximum Gasteiger partial charge on any atom is 0.349 e. The Labute approximate surface area is 149 Å². The molecule has 0 spiro atoms. The van der Waals surface area contributed by atoms with E-state index in [9.17, 15) is 14.9 Å². The minimum atomic E-state index is -0.592. The van der Waals surface area contributed by atoms with Crippen molar-refractivity contribution >= 4 is 11.7 Å². The van der Waals surface area contributed by atoms with E-state index < -0.39 is 10.9 Å². The highest BCUT2D eigenvalue weighted by Gasteiger charge is 2.09. The first kappa shape index (κ1) is 17.2. The first-order chi connectivity index (χ1) is 12.6. The van der Waals surface area contributed by atoms with E-state index in [0.29, 0.717) is 5.75 Å². The van der Waals surface area contributed by atoms with Gasteiger partial charge in [0.2, 0.25) is 0 Å². The molecule has 0 aliphatic heterocycles. The van der Waals surface area contributed by atoms with Crippen molar-refractivity contribution in [1.82, 2.24) is 0 Å². The Balaban J connectivity index is 1.53. The average Bonchev–Trinajstić information content (AvgIpc) is 2.68. The number of non-ortho nitro benzene ring substituents is 1. The van der Waals surface area contributed by atoms with Gasteiger partial charge in [0.15, 0.2) is 6.61 Å². The summed E-state index contributed by atoms with van der Waals surface area (Å²) in [5.41, 5.74) is 2.07. The maximum atomic E-state index is 11.8. The first-order valence-electron chi connectivity index (χ1n) is 7.85. The first-order valence-corrected chi connectivity index (χ1v) is 7.85. The summed E-state index contributed by atoms with van der Waals surface area (Å²) in [6.07, 6.45) is 0. The number of nitro benzene ring substituents is 1. The predicted molar refractivity (Wildman–Crippen MR) is 96.1 cm³/mol. The molecule has 0 bridgehead atoms. The van der Waals surface area contributed by atoms with Crippen LogP contribution in [0.4, 0.5) is 5.69 Å². The normalized spacial score (nSPS) is 10.2. The zero-order chi connectivity index (χ0) is 18.4. The predicted octanol–water partition coefficient (Wildman–Crippen LogP) is 4.25. The van der Waals surface area contributed by atoms with Gasteiger partial charge in [0.25, 0.3) is 5.69 Å². The number of esters is 1. The van der Waals surface area contributed by atoms with Crippen LogP contribution in [0.1, 0.15) is 0 Å². The van der Waals surface area contributed by atoms with Crippen LogP contribution in [-0.2, 0) is 4.79 Å². The number of hydrogen-bond donors (Lipinski definition) is 0. The third-order valence-corrected chi connectivity index (χ3v) is 3.60. The Bertz CT molecular complexity index is 890. The molecule has 3 aromatic carbocycles. The highest BCUT2D eigenvalue weighted by atomic mass is 16.6. The monoisotopic (exact) mass is 349 g/mol. The Morgan fingerprint density at radius 2 is 1.38 bits per heavy atom. The van der Waals surface area contributed by atoms with E-state index in [-0.39, 0.29) is 18.0 Å². The zero-order valence-electron chi connectivity index (χ0n) is 13.7. The van der Waals surface area contributed by atoms with E-state index in [1.807, 2.05) is 42.5 Å². The van der Waals surface area contributed by atoms with E-state index >= 15 is 0 Å². The Morgan fingerprint density at radius 3 is 2.00 bits per heavy atom. The molecule has 0 amide bonds. The summed E-state index contributed by atoms with van der Waals surface area (Å²) in [6, 6.07) is 22.6. The average molecular weight is 349 g/mol. The number of nitrogens with zero attached hydrogens (tertiary/aromatic N) is 1.